The lowest BCUT2D eigenvalue weighted by atomic mass is 9.93. The van der Waals surface area contributed by atoms with Gasteiger partial charge in [0.05, 0.1) is 47.0 Å². The number of esters is 1. The molecule has 0 spiro atoms. The summed E-state index contributed by atoms with van der Waals surface area (Å²) in [5.74, 6) is 0.995. The van der Waals surface area contributed by atoms with Crippen LogP contribution in [0, 0.1) is 0 Å². The number of nitrogens with zero attached hydrogens (tertiary/aromatic N) is 1. The molecule has 0 aliphatic heterocycles. The number of hydrogen-bond donors (Lipinski definition) is 1. The summed E-state index contributed by atoms with van der Waals surface area (Å²) in [5, 5.41) is 3.15. The number of methoxy groups -OCH3 is 3. The standard InChI is InChI=1S/C40H64N2O9Si2/c1-27(43)41-32-18-15-28-25-33(46-8)37(47-9)38(48-10)36(28)30-17-16-29(26-31(30)32)51-35(45)20-19-34(44)42(21-23-49-52(11,12)39(2,3)4)22-24-50-53(13,14)40(5,6)7/h16-17,25-26,32H,15,18-24H2,1-14H3,(H,41,43)/t32-/m0/s1. The second-order valence-corrected chi connectivity index (χ2v) is 26.4. The zero-order valence-corrected chi connectivity index (χ0v) is 36.7. The molecule has 2 aromatic carbocycles. The Labute approximate surface area is 319 Å². The van der Waals surface area contributed by atoms with Crippen LogP contribution in [0.2, 0.25) is 36.3 Å². The van der Waals surface area contributed by atoms with E-state index in [1.165, 1.54) is 6.92 Å². The van der Waals surface area contributed by atoms with Crippen LogP contribution in [-0.4, -0.2) is 87.0 Å². The summed E-state index contributed by atoms with van der Waals surface area (Å²) in [4.78, 5) is 40.9. The van der Waals surface area contributed by atoms with Gasteiger partial charge in [-0.2, -0.15) is 0 Å². The van der Waals surface area contributed by atoms with E-state index >= 15 is 0 Å². The summed E-state index contributed by atoms with van der Waals surface area (Å²) in [5.41, 5.74) is 3.40. The van der Waals surface area contributed by atoms with Crippen molar-refractivity contribution in [3.8, 4) is 34.1 Å². The van der Waals surface area contributed by atoms with Crippen LogP contribution in [-0.2, 0) is 29.7 Å². The molecular weight excluding hydrogens is 709 g/mol. The van der Waals surface area contributed by atoms with Crippen molar-refractivity contribution in [3.05, 3.63) is 35.4 Å². The highest BCUT2D eigenvalue weighted by Gasteiger charge is 2.38. The average molecular weight is 773 g/mol. The number of benzene rings is 2. The van der Waals surface area contributed by atoms with Crippen molar-refractivity contribution in [3.63, 3.8) is 0 Å². The number of ether oxygens (including phenoxy) is 4. The molecule has 1 aliphatic rings. The molecule has 1 aliphatic carbocycles. The van der Waals surface area contributed by atoms with Crippen molar-refractivity contribution in [2.24, 2.45) is 0 Å². The fourth-order valence-electron chi connectivity index (χ4n) is 5.84. The highest BCUT2D eigenvalue weighted by atomic mass is 28.4. The molecule has 1 atom stereocenters. The summed E-state index contributed by atoms with van der Waals surface area (Å²) in [6.45, 7) is 25.1. The van der Waals surface area contributed by atoms with Crippen LogP contribution in [0.3, 0.4) is 0 Å². The monoisotopic (exact) mass is 772 g/mol. The van der Waals surface area contributed by atoms with Crippen LogP contribution < -0.4 is 24.3 Å². The highest BCUT2D eigenvalue weighted by Crippen LogP contribution is 2.51. The van der Waals surface area contributed by atoms with E-state index in [2.05, 4.69) is 73.0 Å². The van der Waals surface area contributed by atoms with E-state index in [0.717, 1.165) is 22.3 Å². The lowest BCUT2D eigenvalue weighted by molar-refractivity contribution is -0.139. The minimum absolute atomic E-state index is 0.00925. The number of amides is 2. The lowest BCUT2D eigenvalue weighted by Gasteiger charge is -2.38. The largest absolute Gasteiger partial charge is 0.493 e. The van der Waals surface area contributed by atoms with E-state index in [0.29, 0.717) is 62.1 Å². The molecule has 3 rings (SSSR count). The molecule has 0 unspecified atom stereocenters. The van der Waals surface area contributed by atoms with Crippen LogP contribution in [0.5, 0.6) is 23.0 Å². The van der Waals surface area contributed by atoms with Crippen LogP contribution in [0.1, 0.15) is 84.9 Å². The normalized spacial score (nSPS) is 14.7. The van der Waals surface area contributed by atoms with E-state index in [1.807, 2.05) is 12.1 Å². The highest BCUT2D eigenvalue weighted by molar-refractivity contribution is 6.74. The van der Waals surface area contributed by atoms with E-state index in [-0.39, 0.29) is 40.8 Å². The minimum Gasteiger partial charge on any atom is -0.493 e. The second-order valence-electron chi connectivity index (χ2n) is 16.8. The topological polar surface area (TPSA) is 122 Å². The molecule has 1 N–H and O–H groups in total. The Morgan fingerprint density at radius 2 is 1.38 bits per heavy atom. The van der Waals surface area contributed by atoms with Crippen LogP contribution in [0.4, 0.5) is 0 Å². The van der Waals surface area contributed by atoms with E-state index < -0.39 is 22.6 Å². The predicted octanol–water partition coefficient (Wildman–Crippen LogP) is 8.06. The van der Waals surface area contributed by atoms with Crippen molar-refractivity contribution < 1.29 is 42.2 Å². The number of carbonyl (C=O) groups excluding carboxylic acids is 3. The van der Waals surface area contributed by atoms with Crippen LogP contribution in [0.25, 0.3) is 11.1 Å². The van der Waals surface area contributed by atoms with Crippen molar-refractivity contribution >= 4 is 34.4 Å². The third-order valence-corrected chi connectivity index (χ3v) is 20.1. The molecule has 53 heavy (non-hydrogen) atoms. The number of hydrogen-bond acceptors (Lipinski definition) is 9. The minimum atomic E-state index is -2.01. The Morgan fingerprint density at radius 3 is 1.87 bits per heavy atom. The Hall–Kier alpha value is -3.40. The van der Waals surface area contributed by atoms with Crippen LogP contribution >= 0.6 is 0 Å². The third kappa shape index (κ3) is 11.1. The van der Waals surface area contributed by atoms with Crippen LogP contribution in [0.15, 0.2) is 24.3 Å². The number of carbonyl (C=O) groups is 3. The Kier molecular flexibility index (Phi) is 14.8. The molecule has 0 radical (unpaired) electrons. The predicted molar refractivity (Wildman–Crippen MR) is 214 cm³/mol. The van der Waals surface area contributed by atoms with E-state index in [9.17, 15) is 14.4 Å². The number of nitrogens with one attached hydrogen (secondary N) is 1. The number of fused-ring (bicyclic) bond motifs is 3. The zero-order chi connectivity index (χ0) is 39.9. The molecule has 0 heterocycles. The third-order valence-electron chi connectivity index (χ3n) is 11.0. The van der Waals surface area contributed by atoms with Gasteiger partial charge < -0.3 is 38.0 Å². The van der Waals surface area contributed by atoms with Gasteiger partial charge in [-0.25, -0.2) is 0 Å². The maximum Gasteiger partial charge on any atom is 0.311 e. The quantitative estimate of drug-likeness (QED) is 0.103. The first-order valence-corrected chi connectivity index (χ1v) is 24.4. The Balaban J connectivity index is 1.81. The molecule has 296 valence electrons. The van der Waals surface area contributed by atoms with Gasteiger partial charge in [0.15, 0.2) is 28.1 Å². The molecule has 0 bridgehead atoms. The first-order chi connectivity index (χ1) is 24.6. The molecule has 13 heteroatoms. The van der Waals surface area contributed by atoms with E-state index in [1.54, 1.807) is 38.4 Å². The lowest BCUT2D eigenvalue weighted by Crippen LogP contribution is -2.46. The Morgan fingerprint density at radius 1 is 0.811 bits per heavy atom. The molecular formula is C40H64N2O9Si2. The molecule has 0 fully saturated rings. The Bertz CT molecular complexity index is 1580. The van der Waals surface area contributed by atoms with Crippen molar-refractivity contribution in [1.29, 1.82) is 0 Å². The van der Waals surface area contributed by atoms with Gasteiger partial charge >= 0.3 is 5.97 Å². The molecule has 0 saturated heterocycles. The maximum absolute atomic E-state index is 13.6. The first kappa shape index (κ1) is 44.0. The maximum atomic E-state index is 13.6. The zero-order valence-electron chi connectivity index (χ0n) is 34.7. The summed E-state index contributed by atoms with van der Waals surface area (Å²) < 4.78 is 35.8. The van der Waals surface area contributed by atoms with Crippen molar-refractivity contribution in [2.75, 3.05) is 47.6 Å². The van der Waals surface area contributed by atoms with Gasteiger partial charge in [-0.3, -0.25) is 14.4 Å². The van der Waals surface area contributed by atoms with Gasteiger partial charge in [-0.15, -0.1) is 0 Å². The van der Waals surface area contributed by atoms with Gasteiger partial charge in [-0.1, -0.05) is 47.6 Å². The van der Waals surface area contributed by atoms with Gasteiger partial charge in [0.25, 0.3) is 0 Å². The fourth-order valence-corrected chi connectivity index (χ4v) is 7.91. The molecule has 0 aromatic heterocycles. The van der Waals surface area contributed by atoms with Gasteiger partial charge in [-0.05, 0) is 84.0 Å². The SMILES string of the molecule is COc1cc2c(c(OC)c1OC)-c1ccc(OC(=O)CCC(=O)N(CCO[Si](C)(C)C(C)(C)C)CCO[Si](C)(C)C(C)(C)C)cc1[C@@H](NC(C)=O)CC2. The summed E-state index contributed by atoms with van der Waals surface area (Å²) in [7, 11) is 0.690. The average Bonchev–Trinajstić information content (AvgIpc) is 3.20. The molecule has 2 amide bonds. The van der Waals surface area contributed by atoms with Crippen molar-refractivity contribution in [2.45, 2.75) is 116 Å². The van der Waals surface area contributed by atoms with Gasteiger partial charge in [0.2, 0.25) is 17.6 Å². The summed E-state index contributed by atoms with van der Waals surface area (Å²) >= 11 is 0. The van der Waals surface area contributed by atoms with Gasteiger partial charge in [0.1, 0.15) is 5.75 Å². The first-order valence-electron chi connectivity index (χ1n) is 18.6. The molecule has 2 aromatic rings. The molecule has 11 nitrogen and oxygen atoms in total. The fraction of sp³-hybridized carbons (Fsp3) is 0.625. The molecule has 0 saturated carbocycles. The number of aryl methyl sites for hydroxylation is 1. The van der Waals surface area contributed by atoms with Crippen molar-refractivity contribution in [1.82, 2.24) is 10.2 Å². The number of rotatable bonds is 16. The second kappa shape index (κ2) is 17.8. The summed E-state index contributed by atoms with van der Waals surface area (Å²) in [6, 6.07) is 6.95. The summed E-state index contributed by atoms with van der Waals surface area (Å²) in [6.07, 6.45) is 1.12. The smallest absolute Gasteiger partial charge is 0.311 e. The van der Waals surface area contributed by atoms with E-state index in [4.69, 9.17) is 27.8 Å². The van der Waals surface area contributed by atoms with Gasteiger partial charge in [0, 0.05) is 32.0 Å².